The van der Waals surface area contributed by atoms with E-state index in [1.807, 2.05) is 0 Å². The van der Waals surface area contributed by atoms with E-state index < -0.39 is 15.6 Å². The van der Waals surface area contributed by atoms with E-state index in [2.05, 4.69) is 10.0 Å². The first kappa shape index (κ1) is 16.3. The van der Waals surface area contributed by atoms with Gasteiger partial charge in [-0.05, 0) is 32.0 Å². The van der Waals surface area contributed by atoms with Gasteiger partial charge < -0.3 is 16.8 Å². The minimum absolute atomic E-state index is 0.133. The SMILES string of the molecule is CC(C)(CNC(=O)c1cc(N)cc(N)c1)NS(C)(=O)=O. The van der Waals surface area contributed by atoms with E-state index in [0.717, 1.165) is 6.26 Å². The third-order valence-electron chi connectivity index (χ3n) is 2.39. The summed E-state index contributed by atoms with van der Waals surface area (Å²) < 4.78 is 24.8. The van der Waals surface area contributed by atoms with E-state index in [0.29, 0.717) is 16.9 Å². The molecule has 112 valence electrons. The fourth-order valence-electron chi connectivity index (χ4n) is 1.75. The Balaban J connectivity index is 2.72. The lowest BCUT2D eigenvalue weighted by Crippen LogP contribution is -2.51. The van der Waals surface area contributed by atoms with Crippen LogP contribution in [0.15, 0.2) is 18.2 Å². The van der Waals surface area contributed by atoms with Crippen LogP contribution < -0.4 is 21.5 Å². The summed E-state index contributed by atoms with van der Waals surface area (Å²) in [6.45, 7) is 3.47. The first-order chi connectivity index (χ1) is 8.98. The number of carbonyl (C=O) groups excluding carboxylic acids is 1. The number of nitrogens with one attached hydrogen (secondary N) is 2. The Morgan fingerprint density at radius 2 is 1.70 bits per heavy atom. The molecule has 1 aromatic carbocycles. The quantitative estimate of drug-likeness (QED) is 0.565. The van der Waals surface area contributed by atoms with Crippen LogP contribution in [0.2, 0.25) is 0 Å². The monoisotopic (exact) mass is 300 g/mol. The normalized spacial score (nSPS) is 12.2. The Hall–Kier alpha value is -1.80. The summed E-state index contributed by atoms with van der Waals surface area (Å²) in [6, 6.07) is 4.55. The van der Waals surface area contributed by atoms with Crippen LogP contribution in [0.4, 0.5) is 11.4 Å². The Morgan fingerprint density at radius 3 is 2.15 bits per heavy atom. The van der Waals surface area contributed by atoms with Gasteiger partial charge in [0.1, 0.15) is 0 Å². The van der Waals surface area contributed by atoms with Crippen molar-refractivity contribution >= 4 is 27.3 Å². The Bertz CT molecular complexity index is 591. The number of rotatable bonds is 5. The van der Waals surface area contributed by atoms with E-state index in [1.165, 1.54) is 12.1 Å². The molecule has 0 atom stereocenters. The largest absolute Gasteiger partial charge is 0.399 e. The molecule has 0 aliphatic heterocycles. The molecule has 1 aromatic rings. The molecule has 0 aromatic heterocycles. The standard InChI is InChI=1S/C12H20N4O3S/c1-12(2,16-20(3,18)19)7-15-11(17)8-4-9(13)6-10(14)5-8/h4-6,16H,7,13-14H2,1-3H3,(H,15,17). The molecule has 0 heterocycles. The predicted octanol–water partition coefficient (Wildman–Crippen LogP) is -0.0914. The third kappa shape index (κ3) is 5.45. The maximum absolute atomic E-state index is 12.0. The Morgan fingerprint density at radius 1 is 1.20 bits per heavy atom. The van der Waals surface area contributed by atoms with Crippen LogP contribution in [0.3, 0.4) is 0 Å². The number of sulfonamides is 1. The number of hydrogen-bond donors (Lipinski definition) is 4. The molecule has 0 saturated carbocycles. The Kier molecular flexibility index (Phi) is 4.61. The number of hydrogen-bond acceptors (Lipinski definition) is 5. The molecule has 1 amide bonds. The lowest BCUT2D eigenvalue weighted by molar-refractivity contribution is 0.0944. The summed E-state index contributed by atoms with van der Waals surface area (Å²) in [6.07, 6.45) is 1.06. The van der Waals surface area contributed by atoms with E-state index >= 15 is 0 Å². The van der Waals surface area contributed by atoms with Gasteiger partial charge in [0.2, 0.25) is 10.0 Å². The molecule has 0 aliphatic carbocycles. The number of benzene rings is 1. The van der Waals surface area contributed by atoms with Crippen LogP contribution in [-0.4, -0.2) is 32.7 Å². The molecule has 0 radical (unpaired) electrons. The molecule has 0 unspecified atom stereocenters. The fourth-order valence-corrected chi connectivity index (χ4v) is 2.82. The smallest absolute Gasteiger partial charge is 0.251 e. The topological polar surface area (TPSA) is 127 Å². The fraction of sp³-hybridized carbons (Fsp3) is 0.417. The number of amides is 1. The van der Waals surface area contributed by atoms with Gasteiger partial charge in [-0.3, -0.25) is 4.79 Å². The highest BCUT2D eigenvalue weighted by molar-refractivity contribution is 7.88. The van der Waals surface area contributed by atoms with Gasteiger partial charge in [-0.25, -0.2) is 13.1 Å². The van der Waals surface area contributed by atoms with Gasteiger partial charge in [0.05, 0.1) is 6.26 Å². The summed E-state index contributed by atoms with van der Waals surface area (Å²) in [5, 5.41) is 2.64. The number of nitrogens with two attached hydrogens (primary N) is 2. The summed E-state index contributed by atoms with van der Waals surface area (Å²) >= 11 is 0. The first-order valence-electron chi connectivity index (χ1n) is 5.92. The van der Waals surface area contributed by atoms with Crippen molar-refractivity contribution in [2.45, 2.75) is 19.4 Å². The molecule has 0 saturated heterocycles. The summed E-state index contributed by atoms with van der Waals surface area (Å²) in [5.74, 6) is -0.368. The predicted molar refractivity (Wildman–Crippen MR) is 79.7 cm³/mol. The molecule has 0 fully saturated rings. The first-order valence-corrected chi connectivity index (χ1v) is 7.81. The molecule has 0 aliphatic rings. The highest BCUT2D eigenvalue weighted by Gasteiger charge is 2.23. The number of carbonyl (C=O) groups is 1. The maximum atomic E-state index is 12.0. The Labute approximate surface area is 118 Å². The van der Waals surface area contributed by atoms with Gasteiger partial charge in [0.15, 0.2) is 0 Å². The van der Waals surface area contributed by atoms with Crippen molar-refractivity contribution in [3.63, 3.8) is 0 Å². The van der Waals surface area contributed by atoms with Crippen LogP contribution >= 0.6 is 0 Å². The zero-order chi connectivity index (χ0) is 15.6. The zero-order valence-corrected chi connectivity index (χ0v) is 12.5. The second kappa shape index (κ2) is 5.68. The summed E-state index contributed by atoms with van der Waals surface area (Å²) in [5.41, 5.74) is 11.5. The minimum Gasteiger partial charge on any atom is -0.399 e. The lowest BCUT2D eigenvalue weighted by Gasteiger charge is -2.25. The molecule has 0 spiro atoms. The van der Waals surface area contributed by atoms with Gasteiger partial charge in [-0.2, -0.15) is 0 Å². The van der Waals surface area contributed by atoms with Crippen LogP contribution in [0.1, 0.15) is 24.2 Å². The summed E-state index contributed by atoms with van der Waals surface area (Å²) in [4.78, 5) is 12.0. The van der Waals surface area contributed by atoms with Crippen LogP contribution in [0, 0.1) is 0 Å². The second-order valence-electron chi connectivity index (χ2n) is 5.33. The van der Waals surface area contributed by atoms with E-state index in [9.17, 15) is 13.2 Å². The zero-order valence-electron chi connectivity index (χ0n) is 11.7. The molecule has 8 heteroatoms. The molecular weight excluding hydrogens is 280 g/mol. The maximum Gasteiger partial charge on any atom is 0.251 e. The number of anilines is 2. The molecule has 0 bridgehead atoms. The van der Waals surface area contributed by atoms with E-state index in [1.54, 1.807) is 19.9 Å². The van der Waals surface area contributed by atoms with Gasteiger partial charge in [-0.1, -0.05) is 0 Å². The van der Waals surface area contributed by atoms with Gasteiger partial charge in [0.25, 0.3) is 5.91 Å². The highest BCUT2D eigenvalue weighted by Crippen LogP contribution is 2.13. The second-order valence-corrected chi connectivity index (χ2v) is 7.08. The van der Waals surface area contributed by atoms with E-state index in [4.69, 9.17) is 11.5 Å². The lowest BCUT2D eigenvalue weighted by atomic mass is 10.1. The summed E-state index contributed by atoms with van der Waals surface area (Å²) in [7, 11) is -3.35. The average molecular weight is 300 g/mol. The average Bonchev–Trinajstić information content (AvgIpc) is 2.21. The van der Waals surface area contributed by atoms with Crippen molar-refractivity contribution in [2.75, 3.05) is 24.3 Å². The van der Waals surface area contributed by atoms with Crippen molar-refractivity contribution in [2.24, 2.45) is 0 Å². The van der Waals surface area contributed by atoms with Crippen LogP contribution in [0.5, 0.6) is 0 Å². The number of nitrogen functional groups attached to an aromatic ring is 2. The van der Waals surface area contributed by atoms with Crippen LogP contribution in [-0.2, 0) is 10.0 Å². The molecule has 20 heavy (non-hydrogen) atoms. The van der Waals surface area contributed by atoms with Crippen molar-refractivity contribution in [1.82, 2.24) is 10.0 Å². The molecule has 1 rings (SSSR count). The minimum atomic E-state index is -3.35. The van der Waals surface area contributed by atoms with Crippen molar-refractivity contribution in [3.8, 4) is 0 Å². The van der Waals surface area contributed by atoms with Crippen molar-refractivity contribution < 1.29 is 13.2 Å². The highest BCUT2D eigenvalue weighted by atomic mass is 32.2. The van der Waals surface area contributed by atoms with Gasteiger partial charge in [0, 0.05) is 29.0 Å². The van der Waals surface area contributed by atoms with Crippen molar-refractivity contribution in [1.29, 1.82) is 0 Å². The van der Waals surface area contributed by atoms with Crippen molar-refractivity contribution in [3.05, 3.63) is 23.8 Å². The van der Waals surface area contributed by atoms with Gasteiger partial charge in [-0.15, -0.1) is 0 Å². The molecular formula is C12H20N4O3S. The van der Waals surface area contributed by atoms with Crippen LogP contribution in [0.25, 0.3) is 0 Å². The van der Waals surface area contributed by atoms with Gasteiger partial charge >= 0.3 is 0 Å². The third-order valence-corrected chi connectivity index (χ3v) is 3.32. The molecule has 7 nitrogen and oxygen atoms in total. The molecule has 6 N–H and O–H groups in total. The van der Waals surface area contributed by atoms with E-state index in [-0.39, 0.29) is 12.5 Å².